The Kier molecular flexibility index (Phi) is 15.0. The largest absolute Gasteiger partial charge is 0.351 e. The first-order valence-corrected chi connectivity index (χ1v) is 12.3. The first-order chi connectivity index (χ1) is 13.7. The minimum absolute atomic E-state index is 0.120. The van der Waals surface area contributed by atoms with E-state index in [9.17, 15) is 9.59 Å². The molecule has 1 rings (SSSR count). The van der Waals surface area contributed by atoms with E-state index in [-0.39, 0.29) is 23.9 Å². The van der Waals surface area contributed by atoms with Gasteiger partial charge >= 0.3 is 0 Å². The second-order valence-electron chi connectivity index (χ2n) is 8.67. The van der Waals surface area contributed by atoms with Crippen molar-refractivity contribution in [3.05, 3.63) is 0 Å². The van der Waals surface area contributed by atoms with Gasteiger partial charge in [0, 0.05) is 24.9 Å². The maximum Gasteiger partial charge on any atom is 0.220 e. The molecule has 164 valence electrons. The van der Waals surface area contributed by atoms with Gasteiger partial charge in [0.2, 0.25) is 11.8 Å². The van der Waals surface area contributed by atoms with Crippen molar-refractivity contribution in [3.8, 4) is 0 Å². The molecule has 0 spiro atoms. The standard InChI is InChI=1S/C24H46N2O2/c1-3-5-7-9-11-13-19-23(27)25-21-17-15-16-18-22(21)26-24(28)20-14-12-10-8-6-4-2/h21-22H,3-20H2,1-2H3,(H,25,27)(H,26,28)/t21-,22-/m1/s1. The second kappa shape index (κ2) is 16.9. The molecule has 0 heterocycles. The number of nitrogens with one attached hydrogen (secondary N) is 2. The zero-order chi connectivity index (χ0) is 20.5. The summed E-state index contributed by atoms with van der Waals surface area (Å²) in [4.78, 5) is 24.6. The van der Waals surface area contributed by atoms with Gasteiger partial charge in [-0.3, -0.25) is 9.59 Å². The Morgan fingerprint density at radius 2 is 0.964 bits per heavy atom. The minimum Gasteiger partial charge on any atom is -0.351 e. The van der Waals surface area contributed by atoms with Crippen LogP contribution in [-0.2, 0) is 9.59 Å². The Morgan fingerprint density at radius 3 is 1.36 bits per heavy atom. The molecule has 28 heavy (non-hydrogen) atoms. The lowest BCUT2D eigenvalue weighted by Gasteiger charge is -2.33. The molecule has 0 aromatic carbocycles. The number of rotatable bonds is 16. The van der Waals surface area contributed by atoms with Gasteiger partial charge in [0.05, 0.1) is 0 Å². The zero-order valence-electron chi connectivity index (χ0n) is 18.7. The van der Waals surface area contributed by atoms with E-state index in [0.29, 0.717) is 12.8 Å². The van der Waals surface area contributed by atoms with Gasteiger partial charge in [-0.1, -0.05) is 90.9 Å². The number of hydrogen-bond acceptors (Lipinski definition) is 2. The van der Waals surface area contributed by atoms with Crippen molar-refractivity contribution in [1.82, 2.24) is 10.6 Å². The molecule has 2 N–H and O–H groups in total. The summed E-state index contributed by atoms with van der Waals surface area (Å²) in [5, 5.41) is 6.43. The predicted octanol–water partition coefficient (Wildman–Crippen LogP) is 6.03. The van der Waals surface area contributed by atoms with Crippen LogP contribution in [0, 0.1) is 0 Å². The molecule has 1 aliphatic rings. The highest BCUT2D eigenvalue weighted by Crippen LogP contribution is 2.19. The fourth-order valence-corrected chi connectivity index (χ4v) is 4.17. The van der Waals surface area contributed by atoms with E-state index in [4.69, 9.17) is 0 Å². The lowest BCUT2D eigenvalue weighted by Crippen LogP contribution is -2.53. The number of hydrogen-bond donors (Lipinski definition) is 2. The highest BCUT2D eigenvalue weighted by molar-refractivity contribution is 5.77. The number of carbonyl (C=O) groups is 2. The highest BCUT2D eigenvalue weighted by Gasteiger charge is 2.27. The number of unbranched alkanes of at least 4 members (excludes halogenated alkanes) is 10. The fourth-order valence-electron chi connectivity index (χ4n) is 4.17. The molecule has 1 aliphatic carbocycles. The van der Waals surface area contributed by atoms with Gasteiger partial charge in [0.1, 0.15) is 0 Å². The van der Waals surface area contributed by atoms with Crippen LogP contribution in [0.4, 0.5) is 0 Å². The van der Waals surface area contributed by atoms with E-state index in [1.165, 1.54) is 51.4 Å². The number of carbonyl (C=O) groups excluding carboxylic acids is 2. The molecule has 4 heteroatoms. The molecule has 4 nitrogen and oxygen atoms in total. The van der Waals surface area contributed by atoms with E-state index >= 15 is 0 Å². The summed E-state index contributed by atoms with van der Waals surface area (Å²) in [5.74, 6) is 0.329. The summed E-state index contributed by atoms with van der Waals surface area (Å²) in [6, 6.07) is 0.240. The maximum absolute atomic E-state index is 12.3. The van der Waals surface area contributed by atoms with E-state index in [1.807, 2.05) is 0 Å². The lowest BCUT2D eigenvalue weighted by atomic mass is 9.90. The smallest absolute Gasteiger partial charge is 0.220 e. The van der Waals surface area contributed by atoms with Gasteiger partial charge in [-0.05, 0) is 25.7 Å². The summed E-state index contributed by atoms with van der Waals surface area (Å²) < 4.78 is 0. The summed E-state index contributed by atoms with van der Waals surface area (Å²) in [6.45, 7) is 4.45. The maximum atomic E-state index is 12.3. The van der Waals surface area contributed by atoms with Gasteiger partial charge < -0.3 is 10.6 Å². The third kappa shape index (κ3) is 12.4. The molecule has 0 bridgehead atoms. The molecule has 0 aliphatic heterocycles. The molecule has 1 saturated carbocycles. The van der Waals surface area contributed by atoms with E-state index in [1.54, 1.807) is 0 Å². The van der Waals surface area contributed by atoms with Gasteiger partial charge in [-0.15, -0.1) is 0 Å². The van der Waals surface area contributed by atoms with Gasteiger partial charge in [-0.2, -0.15) is 0 Å². The van der Waals surface area contributed by atoms with Gasteiger partial charge in [-0.25, -0.2) is 0 Å². The SMILES string of the molecule is CCCCCCCCC(=O)N[C@@H]1CCCC[C@H]1NC(=O)CCCCCCCC. The van der Waals surface area contributed by atoms with E-state index < -0.39 is 0 Å². The first kappa shape index (κ1) is 25.0. The first-order valence-electron chi connectivity index (χ1n) is 12.3. The predicted molar refractivity (Wildman–Crippen MR) is 118 cm³/mol. The molecule has 1 fully saturated rings. The van der Waals surface area contributed by atoms with Crippen molar-refractivity contribution in [2.24, 2.45) is 0 Å². The molecule has 0 saturated heterocycles. The summed E-state index contributed by atoms with van der Waals surface area (Å²) in [5.41, 5.74) is 0. The van der Waals surface area contributed by atoms with Gasteiger partial charge in [0.15, 0.2) is 0 Å². The van der Waals surface area contributed by atoms with Crippen LogP contribution in [0.5, 0.6) is 0 Å². The Hall–Kier alpha value is -1.06. The average Bonchev–Trinajstić information content (AvgIpc) is 2.69. The minimum atomic E-state index is 0.120. The molecule has 0 aromatic heterocycles. The van der Waals surface area contributed by atoms with Crippen molar-refractivity contribution in [2.75, 3.05) is 0 Å². The van der Waals surface area contributed by atoms with Crippen molar-refractivity contribution in [2.45, 2.75) is 142 Å². The van der Waals surface area contributed by atoms with Crippen LogP contribution in [0.1, 0.15) is 129 Å². The van der Waals surface area contributed by atoms with Gasteiger partial charge in [0.25, 0.3) is 0 Å². The molecule has 0 aromatic rings. The van der Waals surface area contributed by atoms with Crippen molar-refractivity contribution >= 4 is 11.8 Å². The van der Waals surface area contributed by atoms with Crippen LogP contribution in [0.15, 0.2) is 0 Å². The van der Waals surface area contributed by atoms with E-state index in [2.05, 4.69) is 24.5 Å². The Morgan fingerprint density at radius 1 is 0.607 bits per heavy atom. The van der Waals surface area contributed by atoms with Crippen LogP contribution in [0.2, 0.25) is 0 Å². The van der Waals surface area contributed by atoms with Crippen molar-refractivity contribution in [1.29, 1.82) is 0 Å². The van der Waals surface area contributed by atoms with Crippen LogP contribution < -0.4 is 10.6 Å². The third-order valence-electron chi connectivity index (χ3n) is 5.97. The molecular weight excluding hydrogens is 348 g/mol. The Balaban J connectivity index is 2.21. The summed E-state index contributed by atoms with van der Waals surface area (Å²) >= 11 is 0. The molecule has 2 atom stereocenters. The van der Waals surface area contributed by atoms with Crippen LogP contribution in [-0.4, -0.2) is 23.9 Å². The normalized spacial score (nSPS) is 19.4. The Bertz CT molecular complexity index is 373. The van der Waals surface area contributed by atoms with Crippen LogP contribution in [0.3, 0.4) is 0 Å². The topological polar surface area (TPSA) is 58.2 Å². The molecule has 0 radical (unpaired) electrons. The number of amides is 2. The lowest BCUT2D eigenvalue weighted by molar-refractivity contribution is -0.125. The third-order valence-corrected chi connectivity index (χ3v) is 5.97. The van der Waals surface area contributed by atoms with Crippen molar-refractivity contribution < 1.29 is 9.59 Å². The fraction of sp³-hybridized carbons (Fsp3) is 0.917. The summed E-state index contributed by atoms with van der Waals surface area (Å²) in [6.07, 6.45) is 19.9. The zero-order valence-corrected chi connectivity index (χ0v) is 18.7. The van der Waals surface area contributed by atoms with Crippen LogP contribution in [0.25, 0.3) is 0 Å². The second-order valence-corrected chi connectivity index (χ2v) is 8.67. The molecular formula is C24H46N2O2. The van der Waals surface area contributed by atoms with Crippen molar-refractivity contribution in [3.63, 3.8) is 0 Å². The monoisotopic (exact) mass is 394 g/mol. The highest BCUT2D eigenvalue weighted by atomic mass is 16.2. The quantitative estimate of drug-likeness (QED) is 0.314. The average molecular weight is 395 g/mol. The van der Waals surface area contributed by atoms with E-state index in [0.717, 1.165) is 51.4 Å². The Labute approximate surface area is 174 Å². The van der Waals surface area contributed by atoms with Crippen LogP contribution >= 0.6 is 0 Å². The molecule has 0 unspecified atom stereocenters. The summed E-state index contributed by atoms with van der Waals surface area (Å²) in [7, 11) is 0. The molecule has 2 amide bonds.